The molecule has 1 spiro atoms. The lowest BCUT2D eigenvalue weighted by Gasteiger charge is -2.35. The fourth-order valence-corrected chi connectivity index (χ4v) is 12.4. The summed E-state index contributed by atoms with van der Waals surface area (Å²) < 4.78 is 0. The Bertz CT molecular complexity index is 2820. The third kappa shape index (κ3) is 5.79. The summed E-state index contributed by atoms with van der Waals surface area (Å²) in [4.78, 5) is 10.2. The number of allylic oxidation sites excluding steroid dienone is 4. The van der Waals surface area contributed by atoms with E-state index in [-0.39, 0.29) is 5.41 Å². The molecule has 0 N–H and O–H groups in total. The van der Waals surface area contributed by atoms with Crippen molar-refractivity contribution >= 4 is 69.7 Å². The molecule has 12 rings (SSSR count). The van der Waals surface area contributed by atoms with Gasteiger partial charge in [0, 0.05) is 36.4 Å². The van der Waals surface area contributed by atoms with E-state index in [0.717, 1.165) is 12.8 Å². The lowest BCUT2D eigenvalue weighted by Crippen LogP contribution is -2.21. The maximum atomic E-state index is 2.53. The van der Waals surface area contributed by atoms with Gasteiger partial charge in [-0.1, -0.05) is 152 Å². The molecule has 0 bridgehead atoms. The van der Waals surface area contributed by atoms with E-state index in [1.807, 2.05) is 23.5 Å². The third-order valence-corrected chi connectivity index (χ3v) is 15.4. The Hall–Kier alpha value is -5.94. The summed E-state index contributed by atoms with van der Waals surface area (Å²) in [7, 11) is 0. The number of hydrogen-bond donors (Lipinski definition) is 0. The molecule has 1 saturated carbocycles. The third-order valence-electron chi connectivity index (χ3n) is 13.1. The highest BCUT2D eigenvalue weighted by atomic mass is 32.2. The molecule has 0 amide bonds. The highest BCUT2D eigenvalue weighted by Crippen LogP contribution is 2.59. The summed E-state index contributed by atoms with van der Waals surface area (Å²) in [6.45, 7) is 0. The fourth-order valence-electron chi connectivity index (χ4n) is 10.3. The fraction of sp³-hybridized carbons (Fsp3) is 0.127. The van der Waals surface area contributed by atoms with Gasteiger partial charge in [-0.2, -0.15) is 0 Å². The van der Waals surface area contributed by atoms with Crippen LogP contribution in [0.15, 0.2) is 195 Å². The van der Waals surface area contributed by atoms with Gasteiger partial charge in [0.2, 0.25) is 0 Å². The van der Waals surface area contributed by atoms with Gasteiger partial charge in [0.05, 0.1) is 22.7 Å². The van der Waals surface area contributed by atoms with Gasteiger partial charge >= 0.3 is 0 Å². The summed E-state index contributed by atoms with van der Waals surface area (Å²) in [5.41, 5.74) is 18.8. The van der Waals surface area contributed by atoms with Crippen LogP contribution >= 0.6 is 23.5 Å². The minimum atomic E-state index is 0.0670. The van der Waals surface area contributed by atoms with Crippen molar-refractivity contribution in [1.29, 1.82) is 0 Å². The second kappa shape index (κ2) is 14.1. The molecule has 2 nitrogen and oxygen atoms in total. The molecule has 7 aromatic rings. The largest absolute Gasteiger partial charge is 0.312 e. The summed E-state index contributed by atoms with van der Waals surface area (Å²) in [6, 6.07) is 58.9. The van der Waals surface area contributed by atoms with Gasteiger partial charge in [0.1, 0.15) is 0 Å². The molecule has 0 saturated heterocycles. The molecule has 7 aromatic carbocycles. The maximum Gasteiger partial charge on any atom is 0.0601 e. The van der Waals surface area contributed by atoms with Crippen LogP contribution in [-0.4, -0.2) is 0 Å². The van der Waals surface area contributed by atoms with Gasteiger partial charge in [-0.15, -0.1) is 0 Å². The van der Waals surface area contributed by atoms with Gasteiger partial charge in [-0.3, -0.25) is 0 Å². The smallest absolute Gasteiger partial charge is 0.0601 e. The number of rotatable bonds is 5. The van der Waals surface area contributed by atoms with Gasteiger partial charge < -0.3 is 9.80 Å². The van der Waals surface area contributed by atoms with E-state index in [1.165, 1.54) is 124 Å². The first-order valence-electron chi connectivity index (χ1n) is 21.0. The number of benzene rings is 7. The molecule has 1 fully saturated rings. The van der Waals surface area contributed by atoms with Crippen molar-refractivity contribution in [3.05, 3.63) is 203 Å². The first-order valence-corrected chi connectivity index (χ1v) is 22.6. The van der Waals surface area contributed by atoms with Crippen LogP contribution < -0.4 is 9.80 Å². The molecule has 3 aliphatic carbocycles. The normalized spacial score (nSPS) is 16.8. The molecule has 2 heterocycles. The Morgan fingerprint density at radius 1 is 0.458 bits per heavy atom. The van der Waals surface area contributed by atoms with Crippen LogP contribution in [0.25, 0.3) is 28.9 Å². The summed E-state index contributed by atoms with van der Waals surface area (Å²) in [6.07, 6.45) is 16.3. The Morgan fingerprint density at radius 3 is 1.54 bits per heavy atom. The van der Waals surface area contributed by atoms with Crippen LogP contribution in [0.3, 0.4) is 0 Å². The average Bonchev–Trinajstić information content (AvgIpc) is 3.90. The highest BCUT2D eigenvalue weighted by Gasteiger charge is 2.45. The Morgan fingerprint density at radius 2 is 0.966 bits per heavy atom. The average molecular weight is 795 g/mol. The predicted octanol–water partition coefficient (Wildman–Crippen LogP) is 16.0. The topological polar surface area (TPSA) is 6.48 Å². The van der Waals surface area contributed by atoms with Crippen molar-refractivity contribution in [1.82, 2.24) is 0 Å². The van der Waals surface area contributed by atoms with E-state index >= 15 is 0 Å². The first kappa shape index (κ1) is 35.0. The molecular formula is C55H42N2S2. The van der Waals surface area contributed by atoms with Gasteiger partial charge in [-0.25, -0.2) is 0 Å². The van der Waals surface area contributed by atoms with Crippen molar-refractivity contribution < 1.29 is 0 Å². The second-order valence-corrected chi connectivity index (χ2v) is 18.5. The molecule has 59 heavy (non-hydrogen) atoms. The SMILES string of the molecule is C1=C(c2ccc(/C=C/c3ccc4c(c3)C3(CCCC3)c3cc(N5c6ccccc6Sc6ccccc65)ccc3-4)cc2)CCC(N2c3ccccc3Sc3ccccc32)=C1. The van der Waals surface area contributed by atoms with E-state index in [4.69, 9.17) is 0 Å². The van der Waals surface area contributed by atoms with Gasteiger partial charge in [-0.05, 0) is 137 Å². The zero-order chi connectivity index (χ0) is 38.9. The van der Waals surface area contributed by atoms with Crippen molar-refractivity contribution in [3.63, 3.8) is 0 Å². The number of anilines is 5. The summed E-state index contributed by atoms with van der Waals surface area (Å²) >= 11 is 3.74. The minimum Gasteiger partial charge on any atom is -0.312 e. The van der Waals surface area contributed by atoms with E-state index in [1.54, 1.807) is 0 Å². The summed E-state index contributed by atoms with van der Waals surface area (Å²) in [5, 5.41) is 0. The molecule has 2 aliphatic heterocycles. The lowest BCUT2D eigenvalue weighted by atomic mass is 9.76. The molecule has 284 valence electrons. The predicted molar refractivity (Wildman–Crippen MR) is 250 cm³/mol. The minimum absolute atomic E-state index is 0.0670. The number of nitrogens with zero attached hydrogens (tertiary/aromatic N) is 2. The lowest BCUT2D eigenvalue weighted by molar-refractivity contribution is 0.550. The van der Waals surface area contributed by atoms with Crippen LogP contribution in [0, 0.1) is 0 Å². The monoisotopic (exact) mass is 794 g/mol. The van der Waals surface area contributed by atoms with E-state index in [2.05, 4.69) is 192 Å². The zero-order valence-corrected chi connectivity index (χ0v) is 34.4. The molecule has 0 atom stereocenters. The van der Waals surface area contributed by atoms with Crippen molar-refractivity contribution in [2.24, 2.45) is 0 Å². The molecular weight excluding hydrogens is 753 g/mol. The Kier molecular flexibility index (Phi) is 8.38. The van der Waals surface area contributed by atoms with Crippen LogP contribution in [0.5, 0.6) is 0 Å². The highest BCUT2D eigenvalue weighted by molar-refractivity contribution is 8.00. The van der Waals surface area contributed by atoms with Gasteiger partial charge in [0.25, 0.3) is 0 Å². The maximum absolute atomic E-state index is 2.53. The van der Waals surface area contributed by atoms with E-state index in [9.17, 15) is 0 Å². The van der Waals surface area contributed by atoms with Crippen LogP contribution in [0.1, 0.15) is 66.3 Å². The van der Waals surface area contributed by atoms with E-state index in [0.29, 0.717) is 0 Å². The quantitative estimate of drug-likeness (QED) is 0.160. The molecule has 4 heteroatoms. The number of fused-ring (bicyclic) bond motifs is 9. The Labute approximate surface area is 355 Å². The first-order chi connectivity index (χ1) is 29.2. The molecule has 0 radical (unpaired) electrons. The van der Waals surface area contributed by atoms with Crippen LogP contribution in [0.2, 0.25) is 0 Å². The zero-order valence-electron chi connectivity index (χ0n) is 32.8. The van der Waals surface area contributed by atoms with Crippen molar-refractivity contribution in [2.75, 3.05) is 9.80 Å². The number of para-hydroxylation sites is 4. The van der Waals surface area contributed by atoms with Crippen LogP contribution in [-0.2, 0) is 5.41 Å². The molecule has 0 aromatic heterocycles. The van der Waals surface area contributed by atoms with Crippen molar-refractivity contribution in [3.8, 4) is 11.1 Å². The number of hydrogen-bond acceptors (Lipinski definition) is 4. The molecule has 0 unspecified atom stereocenters. The standard InChI is InChI=1S/C55H42N2S2/c1-5-15-51-47(11-1)56(48-12-2-6-16-52(48)58-51)41-28-26-40(27-29-41)39-24-21-37(22-25-39)19-20-38-23-31-43-44-32-30-42(36-46(44)55(45(43)35-38)33-9-10-34-55)57-49-13-3-7-17-53(49)59-54-18-8-4-14-50(54)57/h1-8,11-26,28,30-32,35-36H,9-10,27,29,33-34H2/b20-19+. The second-order valence-electron chi connectivity index (χ2n) is 16.4. The van der Waals surface area contributed by atoms with Crippen molar-refractivity contribution in [2.45, 2.75) is 63.5 Å². The van der Waals surface area contributed by atoms with Crippen LogP contribution in [0.4, 0.5) is 28.4 Å². The molecule has 5 aliphatic rings. The Balaban J connectivity index is 0.811. The van der Waals surface area contributed by atoms with E-state index < -0.39 is 0 Å². The van der Waals surface area contributed by atoms with Gasteiger partial charge in [0.15, 0.2) is 0 Å². The summed E-state index contributed by atoms with van der Waals surface area (Å²) in [5.74, 6) is 0.